The maximum Gasteiger partial charge on any atom is 0.409 e. The van der Waals surface area contributed by atoms with E-state index < -0.39 is 0 Å². The Kier molecular flexibility index (Phi) is 7.06. The minimum absolute atomic E-state index is 0.243. The first-order valence-electron chi connectivity index (χ1n) is 9.96. The Morgan fingerprint density at radius 2 is 1.89 bits per heavy atom. The second-order valence-electron chi connectivity index (χ2n) is 6.88. The summed E-state index contributed by atoms with van der Waals surface area (Å²) in [4.78, 5) is 25.0. The molecule has 1 N–H and O–H groups in total. The molecule has 1 aromatic heterocycles. The number of hydrogen-bond donors (Lipinski definition) is 1. The molecule has 0 unspecified atom stereocenters. The lowest BCUT2D eigenvalue weighted by Gasteiger charge is -2.34. The third kappa shape index (κ3) is 5.58. The normalized spacial score (nSPS) is 14.1. The Morgan fingerprint density at radius 3 is 2.61 bits per heavy atom. The van der Waals surface area contributed by atoms with Crippen molar-refractivity contribution >= 4 is 17.9 Å². The van der Waals surface area contributed by atoms with Crippen molar-refractivity contribution in [1.82, 2.24) is 14.9 Å². The van der Waals surface area contributed by atoms with Gasteiger partial charge in [-0.1, -0.05) is 30.3 Å². The number of ether oxygens (including phenoxy) is 1. The Morgan fingerprint density at radius 1 is 1.14 bits per heavy atom. The third-order valence-electron chi connectivity index (χ3n) is 4.72. The topological polar surface area (TPSA) is 70.6 Å². The lowest BCUT2D eigenvalue weighted by atomic mass is 10.1. The summed E-state index contributed by atoms with van der Waals surface area (Å²) >= 11 is 0. The van der Waals surface area contributed by atoms with Gasteiger partial charge in [-0.3, -0.25) is 0 Å². The molecule has 0 atom stereocenters. The van der Waals surface area contributed by atoms with Crippen LogP contribution in [0.3, 0.4) is 0 Å². The zero-order valence-electron chi connectivity index (χ0n) is 16.7. The van der Waals surface area contributed by atoms with Crippen LogP contribution in [0.5, 0.6) is 0 Å². The number of carbonyl (C=O) groups excluding carboxylic acids is 1. The molecule has 0 saturated carbocycles. The first-order valence-corrected chi connectivity index (χ1v) is 9.96. The van der Waals surface area contributed by atoms with Crippen molar-refractivity contribution in [2.24, 2.45) is 0 Å². The van der Waals surface area contributed by atoms with Crippen molar-refractivity contribution in [2.45, 2.75) is 26.7 Å². The van der Waals surface area contributed by atoms with Crippen LogP contribution in [-0.2, 0) is 11.2 Å². The SMILES string of the molecule is CCOC(=O)N1CCN(c2nc(C)cc(NCCCc3ccccc3)n2)CC1. The van der Waals surface area contributed by atoms with Crippen LogP contribution in [0.15, 0.2) is 36.4 Å². The summed E-state index contributed by atoms with van der Waals surface area (Å²) in [7, 11) is 0. The van der Waals surface area contributed by atoms with Gasteiger partial charge in [0.1, 0.15) is 5.82 Å². The summed E-state index contributed by atoms with van der Waals surface area (Å²) in [5.74, 6) is 1.57. The number of benzene rings is 1. The van der Waals surface area contributed by atoms with Crippen molar-refractivity contribution in [2.75, 3.05) is 49.5 Å². The third-order valence-corrected chi connectivity index (χ3v) is 4.72. The quantitative estimate of drug-likeness (QED) is 0.741. The minimum Gasteiger partial charge on any atom is -0.450 e. The lowest BCUT2D eigenvalue weighted by molar-refractivity contribution is 0.105. The Balaban J connectivity index is 1.51. The maximum atomic E-state index is 11.8. The van der Waals surface area contributed by atoms with Crippen LogP contribution < -0.4 is 10.2 Å². The number of anilines is 2. The van der Waals surface area contributed by atoms with E-state index in [1.807, 2.05) is 26.0 Å². The summed E-state index contributed by atoms with van der Waals surface area (Å²) in [6.45, 7) is 7.72. The van der Waals surface area contributed by atoms with Crippen LogP contribution in [0.2, 0.25) is 0 Å². The second kappa shape index (κ2) is 9.92. The van der Waals surface area contributed by atoms with Gasteiger partial charge in [0.25, 0.3) is 0 Å². The van der Waals surface area contributed by atoms with Crippen molar-refractivity contribution in [3.05, 3.63) is 47.7 Å². The summed E-state index contributed by atoms with van der Waals surface area (Å²) in [5, 5.41) is 3.42. The number of piperazine rings is 1. The van der Waals surface area contributed by atoms with E-state index in [1.165, 1.54) is 5.56 Å². The van der Waals surface area contributed by atoms with Gasteiger partial charge in [-0.05, 0) is 32.3 Å². The van der Waals surface area contributed by atoms with E-state index in [-0.39, 0.29) is 6.09 Å². The number of rotatable bonds is 7. The van der Waals surface area contributed by atoms with Gasteiger partial charge < -0.3 is 19.9 Å². The van der Waals surface area contributed by atoms with Gasteiger partial charge in [-0.25, -0.2) is 9.78 Å². The average Bonchev–Trinajstić information content (AvgIpc) is 2.72. The molecule has 28 heavy (non-hydrogen) atoms. The van der Waals surface area contributed by atoms with Gasteiger partial charge in [0.15, 0.2) is 0 Å². The standard InChI is InChI=1S/C21H29N5O2/c1-3-28-21(27)26-14-12-25(13-15-26)20-23-17(2)16-19(24-20)22-11-7-10-18-8-5-4-6-9-18/h4-6,8-9,16H,3,7,10-15H2,1-2H3,(H,22,23,24). The van der Waals surface area contributed by atoms with E-state index in [9.17, 15) is 4.79 Å². The fraction of sp³-hybridized carbons (Fsp3) is 0.476. The molecule has 1 aliphatic heterocycles. The van der Waals surface area contributed by atoms with Gasteiger partial charge in [-0.15, -0.1) is 0 Å². The van der Waals surface area contributed by atoms with E-state index in [0.717, 1.165) is 30.9 Å². The average molecular weight is 383 g/mol. The predicted octanol–water partition coefficient (Wildman–Crippen LogP) is 3.11. The highest BCUT2D eigenvalue weighted by molar-refractivity contribution is 5.68. The van der Waals surface area contributed by atoms with Gasteiger partial charge in [0.05, 0.1) is 6.61 Å². The second-order valence-corrected chi connectivity index (χ2v) is 6.88. The van der Waals surface area contributed by atoms with E-state index in [1.54, 1.807) is 4.90 Å². The smallest absolute Gasteiger partial charge is 0.409 e. The van der Waals surface area contributed by atoms with Crippen molar-refractivity contribution in [3.8, 4) is 0 Å². The predicted molar refractivity (Wildman–Crippen MR) is 111 cm³/mol. The monoisotopic (exact) mass is 383 g/mol. The number of amides is 1. The fourth-order valence-electron chi connectivity index (χ4n) is 3.24. The van der Waals surface area contributed by atoms with Crippen LogP contribution in [0.1, 0.15) is 24.6 Å². The van der Waals surface area contributed by atoms with E-state index in [2.05, 4.69) is 44.5 Å². The molecule has 7 heteroatoms. The van der Waals surface area contributed by atoms with Crippen LogP contribution in [0.25, 0.3) is 0 Å². The Bertz CT molecular complexity index is 761. The molecule has 0 aliphatic carbocycles. The van der Waals surface area contributed by atoms with E-state index in [4.69, 9.17) is 4.74 Å². The number of carbonyl (C=O) groups is 1. The molecule has 1 saturated heterocycles. The first kappa shape index (κ1) is 19.9. The molecular formula is C21H29N5O2. The molecule has 0 spiro atoms. The molecule has 7 nitrogen and oxygen atoms in total. The molecule has 1 aliphatic rings. The van der Waals surface area contributed by atoms with Crippen molar-refractivity contribution in [1.29, 1.82) is 0 Å². The summed E-state index contributed by atoms with van der Waals surface area (Å²) in [6, 6.07) is 12.5. The molecule has 0 bridgehead atoms. The molecule has 2 heterocycles. The van der Waals surface area contributed by atoms with Gasteiger partial charge in [0, 0.05) is 44.5 Å². The lowest BCUT2D eigenvalue weighted by Crippen LogP contribution is -2.49. The Hall–Kier alpha value is -2.83. The molecular weight excluding hydrogens is 354 g/mol. The first-order chi connectivity index (χ1) is 13.7. The number of aryl methyl sites for hydroxylation is 2. The molecule has 3 rings (SSSR count). The number of aromatic nitrogens is 2. The van der Waals surface area contributed by atoms with Crippen LogP contribution in [-0.4, -0.2) is 60.3 Å². The highest BCUT2D eigenvalue weighted by Crippen LogP contribution is 2.16. The van der Waals surface area contributed by atoms with Gasteiger partial charge in [0.2, 0.25) is 5.95 Å². The van der Waals surface area contributed by atoms with E-state index in [0.29, 0.717) is 38.7 Å². The molecule has 150 valence electrons. The van der Waals surface area contributed by atoms with Crippen LogP contribution in [0, 0.1) is 6.92 Å². The number of nitrogens with zero attached hydrogens (tertiary/aromatic N) is 4. The zero-order chi connectivity index (χ0) is 19.8. The highest BCUT2D eigenvalue weighted by atomic mass is 16.6. The van der Waals surface area contributed by atoms with Gasteiger partial charge in [-0.2, -0.15) is 4.98 Å². The highest BCUT2D eigenvalue weighted by Gasteiger charge is 2.23. The fourth-order valence-corrected chi connectivity index (χ4v) is 3.24. The Labute approximate surface area is 166 Å². The minimum atomic E-state index is -0.243. The molecule has 0 radical (unpaired) electrons. The van der Waals surface area contributed by atoms with Crippen LogP contribution in [0.4, 0.5) is 16.6 Å². The largest absolute Gasteiger partial charge is 0.450 e. The molecule has 1 fully saturated rings. The van der Waals surface area contributed by atoms with Crippen molar-refractivity contribution < 1.29 is 9.53 Å². The molecule has 2 aromatic rings. The number of nitrogens with one attached hydrogen (secondary N) is 1. The zero-order valence-corrected chi connectivity index (χ0v) is 16.7. The summed E-state index contributed by atoms with van der Waals surface area (Å²) in [5.41, 5.74) is 2.28. The van der Waals surface area contributed by atoms with E-state index >= 15 is 0 Å². The summed E-state index contributed by atoms with van der Waals surface area (Å²) in [6.07, 6.45) is 1.84. The van der Waals surface area contributed by atoms with Gasteiger partial charge >= 0.3 is 6.09 Å². The summed E-state index contributed by atoms with van der Waals surface area (Å²) < 4.78 is 5.07. The molecule has 1 amide bonds. The van der Waals surface area contributed by atoms with Crippen molar-refractivity contribution in [3.63, 3.8) is 0 Å². The molecule has 1 aromatic carbocycles. The van der Waals surface area contributed by atoms with Crippen LogP contribution >= 0.6 is 0 Å². The number of hydrogen-bond acceptors (Lipinski definition) is 6. The maximum absolute atomic E-state index is 11.8.